The van der Waals surface area contributed by atoms with Gasteiger partial charge in [-0.2, -0.15) is 0 Å². The number of nitrogens with zero attached hydrogens (tertiary/aromatic N) is 2. The monoisotopic (exact) mass is 380 g/mol. The van der Waals surface area contributed by atoms with Crippen LogP contribution in [0.25, 0.3) is 0 Å². The Morgan fingerprint density at radius 2 is 1.85 bits per heavy atom. The average molecular weight is 381 g/mol. The van der Waals surface area contributed by atoms with Crippen molar-refractivity contribution in [2.75, 3.05) is 6.54 Å². The van der Waals surface area contributed by atoms with Crippen molar-refractivity contribution in [3.05, 3.63) is 34.9 Å². The van der Waals surface area contributed by atoms with E-state index in [1.807, 2.05) is 29.2 Å². The van der Waals surface area contributed by atoms with Gasteiger partial charge in [-0.3, -0.25) is 9.69 Å². The van der Waals surface area contributed by atoms with Gasteiger partial charge in [0, 0.05) is 36.6 Å². The van der Waals surface area contributed by atoms with Crippen molar-refractivity contribution in [3.63, 3.8) is 0 Å². The molecule has 1 aliphatic heterocycles. The summed E-state index contributed by atoms with van der Waals surface area (Å²) < 4.78 is 0. The third-order valence-electron chi connectivity index (χ3n) is 5.83. The molecule has 0 spiro atoms. The van der Waals surface area contributed by atoms with Crippen molar-refractivity contribution in [2.24, 2.45) is 0 Å². The summed E-state index contributed by atoms with van der Waals surface area (Å²) in [4.78, 5) is 16.6. The van der Waals surface area contributed by atoms with Gasteiger partial charge < -0.3 is 10.0 Å². The topological polar surface area (TPSA) is 43.8 Å². The molecule has 1 aromatic carbocycles. The molecule has 1 N–H and O–H groups in total. The molecule has 0 bridgehead atoms. The zero-order chi connectivity index (χ0) is 19.3. The molecule has 1 saturated heterocycles. The number of aliphatic hydroxyl groups is 1. The third kappa shape index (κ3) is 4.99. The number of carbonyl (C=O) groups excluding carboxylic acids is 1. The quantitative estimate of drug-likeness (QED) is 0.701. The first-order valence-corrected chi connectivity index (χ1v) is 10.2. The Bertz CT molecular complexity index is 585. The normalized spacial score (nSPS) is 21.3. The van der Waals surface area contributed by atoms with Crippen LogP contribution in [0.3, 0.4) is 0 Å². The fraction of sp³-hybridized carbons (Fsp3) is 0.667. The lowest BCUT2D eigenvalue weighted by Gasteiger charge is -2.38. The number of halogens is 1. The van der Waals surface area contributed by atoms with E-state index in [-0.39, 0.29) is 11.9 Å². The molecule has 0 unspecified atom stereocenters. The summed E-state index contributed by atoms with van der Waals surface area (Å²) in [7, 11) is 0. The average Bonchev–Trinajstić information content (AvgIpc) is 3.00. The number of aliphatic hydroxyl groups excluding tert-OH is 1. The largest absolute Gasteiger partial charge is 0.390 e. The second kappa shape index (κ2) is 9.72. The Hall–Kier alpha value is -1.10. The SMILES string of the molecule is CC[C@@H](C)N(C[C@H](O)[C@@H]1CCC(=O)N1Cc1ccccc1Cl)[C@@H](C)CC. The fourth-order valence-electron chi connectivity index (χ4n) is 3.77. The predicted molar refractivity (Wildman–Crippen MR) is 107 cm³/mol. The third-order valence-corrected chi connectivity index (χ3v) is 6.20. The highest BCUT2D eigenvalue weighted by Crippen LogP contribution is 2.27. The number of rotatable bonds is 9. The van der Waals surface area contributed by atoms with Crippen LogP contribution in [-0.2, 0) is 11.3 Å². The van der Waals surface area contributed by atoms with Gasteiger partial charge in [-0.25, -0.2) is 0 Å². The van der Waals surface area contributed by atoms with E-state index in [9.17, 15) is 9.90 Å². The molecular weight excluding hydrogens is 348 g/mol. The van der Waals surface area contributed by atoms with E-state index in [2.05, 4.69) is 32.6 Å². The van der Waals surface area contributed by atoms with Gasteiger partial charge in [0.05, 0.1) is 12.1 Å². The van der Waals surface area contributed by atoms with Crippen molar-refractivity contribution in [1.82, 2.24) is 9.80 Å². The van der Waals surface area contributed by atoms with Gasteiger partial charge in [-0.1, -0.05) is 43.6 Å². The highest BCUT2D eigenvalue weighted by molar-refractivity contribution is 6.31. The van der Waals surface area contributed by atoms with Crippen LogP contribution in [0.5, 0.6) is 0 Å². The summed E-state index contributed by atoms with van der Waals surface area (Å²) >= 11 is 6.27. The minimum Gasteiger partial charge on any atom is -0.390 e. The highest BCUT2D eigenvalue weighted by Gasteiger charge is 2.37. The number of likely N-dealkylation sites (tertiary alicyclic amines) is 1. The molecule has 0 aliphatic carbocycles. The van der Waals surface area contributed by atoms with Gasteiger partial charge in [0.25, 0.3) is 0 Å². The Kier molecular flexibility index (Phi) is 7.93. The van der Waals surface area contributed by atoms with Gasteiger partial charge in [-0.15, -0.1) is 0 Å². The molecule has 4 atom stereocenters. The Balaban J connectivity index is 2.11. The van der Waals surface area contributed by atoms with Gasteiger partial charge in [-0.05, 0) is 44.7 Å². The number of hydrogen-bond acceptors (Lipinski definition) is 3. The lowest BCUT2D eigenvalue weighted by atomic mass is 10.0. The van der Waals surface area contributed by atoms with E-state index in [1.54, 1.807) is 0 Å². The van der Waals surface area contributed by atoms with E-state index < -0.39 is 6.10 Å². The van der Waals surface area contributed by atoms with Crippen LogP contribution in [0.2, 0.25) is 5.02 Å². The second-order valence-electron chi connectivity index (χ2n) is 7.50. The molecule has 0 saturated carbocycles. The lowest BCUT2D eigenvalue weighted by Crippen LogP contribution is -2.50. The molecule has 4 nitrogen and oxygen atoms in total. The number of hydrogen-bond donors (Lipinski definition) is 1. The number of benzene rings is 1. The highest BCUT2D eigenvalue weighted by atomic mass is 35.5. The predicted octanol–water partition coefficient (Wildman–Crippen LogP) is 4.09. The minimum atomic E-state index is -0.549. The van der Waals surface area contributed by atoms with Gasteiger partial charge >= 0.3 is 0 Å². The molecule has 1 fully saturated rings. The smallest absolute Gasteiger partial charge is 0.223 e. The van der Waals surface area contributed by atoms with Crippen LogP contribution in [-0.4, -0.2) is 51.6 Å². The van der Waals surface area contributed by atoms with E-state index >= 15 is 0 Å². The fourth-order valence-corrected chi connectivity index (χ4v) is 3.97. The maximum absolute atomic E-state index is 12.4. The minimum absolute atomic E-state index is 0.104. The van der Waals surface area contributed by atoms with Crippen LogP contribution in [0.4, 0.5) is 0 Å². The Morgan fingerprint density at radius 3 is 2.42 bits per heavy atom. The maximum atomic E-state index is 12.4. The van der Waals surface area contributed by atoms with Crippen LogP contribution in [0.1, 0.15) is 58.9 Å². The molecule has 26 heavy (non-hydrogen) atoms. The molecule has 1 aromatic rings. The van der Waals surface area contributed by atoms with E-state index in [0.29, 0.717) is 43.0 Å². The standard InChI is InChI=1S/C21H33ClN2O2/c1-5-15(3)23(16(4)6-2)14-20(25)19-11-12-21(26)24(19)13-17-9-7-8-10-18(17)22/h7-10,15-16,19-20,25H,5-6,11-14H2,1-4H3/t15-,16+,19-,20-/m0/s1. The lowest BCUT2D eigenvalue weighted by molar-refractivity contribution is -0.131. The van der Waals surface area contributed by atoms with E-state index in [1.165, 1.54) is 0 Å². The number of carbonyl (C=O) groups is 1. The molecule has 1 heterocycles. The summed E-state index contributed by atoms with van der Waals surface area (Å²) in [5, 5.41) is 11.6. The Labute approximate surface area is 163 Å². The van der Waals surface area contributed by atoms with Gasteiger partial charge in [0.1, 0.15) is 0 Å². The van der Waals surface area contributed by atoms with Gasteiger partial charge in [0.2, 0.25) is 5.91 Å². The molecule has 2 rings (SSSR count). The first kappa shape index (κ1) is 21.2. The molecular formula is C21H33ClN2O2. The van der Waals surface area contributed by atoms with Crippen LogP contribution >= 0.6 is 11.6 Å². The molecule has 0 radical (unpaired) electrons. The first-order valence-electron chi connectivity index (χ1n) is 9.85. The van der Waals surface area contributed by atoms with Crippen molar-refractivity contribution in [1.29, 1.82) is 0 Å². The maximum Gasteiger partial charge on any atom is 0.223 e. The van der Waals surface area contributed by atoms with Crippen LogP contribution in [0.15, 0.2) is 24.3 Å². The van der Waals surface area contributed by atoms with Crippen molar-refractivity contribution < 1.29 is 9.90 Å². The number of amides is 1. The van der Waals surface area contributed by atoms with Crippen molar-refractivity contribution in [3.8, 4) is 0 Å². The Morgan fingerprint density at radius 1 is 1.23 bits per heavy atom. The molecule has 5 heteroatoms. The summed E-state index contributed by atoms with van der Waals surface area (Å²) in [6.07, 6.45) is 2.75. The van der Waals surface area contributed by atoms with E-state index in [0.717, 1.165) is 18.4 Å². The van der Waals surface area contributed by atoms with Crippen LogP contribution in [0, 0.1) is 0 Å². The van der Waals surface area contributed by atoms with Crippen LogP contribution < -0.4 is 0 Å². The summed E-state index contributed by atoms with van der Waals surface area (Å²) in [5.41, 5.74) is 0.933. The van der Waals surface area contributed by atoms with Gasteiger partial charge in [0.15, 0.2) is 0 Å². The molecule has 1 aliphatic rings. The molecule has 1 amide bonds. The van der Waals surface area contributed by atoms with Crippen molar-refractivity contribution >= 4 is 17.5 Å². The molecule has 0 aromatic heterocycles. The summed E-state index contributed by atoms with van der Waals surface area (Å²) in [6.45, 7) is 9.83. The summed E-state index contributed by atoms with van der Waals surface area (Å²) in [5.74, 6) is 0.104. The zero-order valence-corrected chi connectivity index (χ0v) is 17.2. The second-order valence-corrected chi connectivity index (χ2v) is 7.90. The van der Waals surface area contributed by atoms with Crippen molar-refractivity contribution in [2.45, 2.75) is 84.2 Å². The first-order chi connectivity index (χ1) is 12.4. The zero-order valence-electron chi connectivity index (χ0n) is 16.5. The molecule has 146 valence electrons. The van der Waals surface area contributed by atoms with E-state index in [4.69, 9.17) is 11.6 Å². The summed E-state index contributed by atoms with van der Waals surface area (Å²) in [6, 6.07) is 8.29.